The molecule has 2 amide bonds. The summed E-state index contributed by atoms with van der Waals surface area (Å²) in [5.41, 5.74) is 8.28. The van der Waals surface area contributed by atoms with Gasteiger partial charge in [-0.1, -0.05) is 18.2 Å². The summed E-state index contributed by atoms with van der Waals surface area (Å²) in [4.78, 5) is 45.5. The van der Waals surface area contributed by atoms with Gasteiger partial charge in [0.1, 0.15) is 11.8 Å². The van der Waals surface area contributed by atoms with Gasteiger partial charge < -0.3 is 26.0 Å². The molecular weight excluding hydrogens is 494 g/mol. The van der Waals surface area contributed by atoms with Crippen molar-refractivity contribution in [2.24, 2.45) is 17.6 Å². The van der Waals surface area contributed by atoms with Crippen LogP contribution in [-0.2, 0) is 20.8 Å². The Hall–Kier alpha value is -3.30. The summed E-state index contributed by atoms with van der Waals surface area (Å²) in [5.74, 6) is 0.821. The number of hydrogen-bond donors (Lipinski definition) is 3. The van der Waals surface area contributed by atoms with Crippen LogP contribution in [0.4, 0.5) is 0 Å². The van der Waals surface area contributed by atoms with Crippen molar-refractivity contribution in [3.05, 3.63) is 59.9 Å². The van der Waals surface area contributed by atoms with E-state index in [9.17, 15) is 14.4 Å². The van der Waals surface area contributed by atoms with Crippen LogP contribution >= 0.6 is 0 Å². The Bertz CT molecular complexity index is 1120. The minimum Gasteiger partial charge on any atom is -0.496 e. The van der Waals surface area contributed by atoms with E-state index in [1.807, 2.05) is 36.4 Å². The van der Waals surface area contributed by atoms with Gasteiger partial charge in [-0.2, -0.15) is 0 Å². The summed E-state index contributed by atoms with van der Waals surface area (Å²) in [6.07, 6.45) is 7.30. The summed E-state index contributed by atoms with van der Waals surface area (Å²) in [7, 11) is 1.58. The zero-order chi connectivity index (χ0) is 27.8. The number of pyridine rings is 1. The molecule has 1 aromatic heterocycles. The van der Waals surface area contributed by atoms with Crippen molar-refractivity contribution >= 4 is 17.6 Å². The van der Waals surface area contributed by atoms with Crippen molar-refractivity contribution in [3.63, 3.8) is 0 Å². The van der Waals surface area contributed by atoms with Gasteiger partial charge in [0.2, 0.25) is 11.8 Å². The van der Waals surface area contributed by atoms with Gasteiger partial charge in [-0.25, -0.2) is 0 Å². The Kier molecular flexibility index (Phi) is 10.1. The number of hydrogen-bond acceptors (Lipinski definition) is 7. The van der Waals surface area contributed by atoms with E-state index in [1.165, 1.54) is 6.92 Å². The molecule has 2 aliphatic heterocycles. The smallest absolute Gasteiger partial charge is 0.243 e. The molecule has 4 atom stereocenters. The number of nitrogens with zero attached hydrogens (tertiary/aromatic N) is 2. The van der Waals surface area contributed by atoms with Crippen LogP contribution in [0.15, 0.2) is 48.8 Å². The lowest BCUT2D eigenvalue weighted by atomic mass is 9.83. The number of ether oxygens (including phenoxy) is 1. The SMILES string of the molecule is COc1ccccc1C(N)CC(=O)N1CC(C2CCNCC2)C[C@H]1C(=O)N[C@@H](CCc1ccncc1)C(C)=O. The number of rotatable bonds is 11. The van der Waals surface area contributed by atoms with E-state index in [4.69, 9.17) is 10.5 Å². The predicted molar refractivity (Wildman–Crippen MR) is 149 cm³/mol. The highest BCUT2D eigenvalue weighted by Crippen LogP contribution is 2.35. The second kappa shape index (κ2) is 13.7. The summed E-state index contributed by atoms with van der Waals surface area (Å²) < 4.78 is 5.44. The minimum absolute atomic E-state index is 0.0707. The number of aryl methyl sites for hydroxylation is 1. The number of methoxy groups -OCH3 is 1. The third kappa shape index (κ3) is 7.42. The minimum atomic E-state index is -0.620. The Morgan fingerprint density at radius 3 is 2.54 bits per heavy atom. The topological polar surface area (TPSA) is 127 Å². The largest absolute Gasteiger partial charge is 0.496 e. The highest BCUT2D eigenvalue weighted by Gasteiger charge is 2.43. The van der Waals surface area contributed by atoms with E-state index in [2.05, 4.69) is 15.6 Å². The fourth-order valence-electron chi connectivity index (χ4n) is 5.94. The lowest BCUT2D eigenvalue weighted by molar-refractivity contribution is -0.139. The van der Waals surface area contributed by atoms with Gasteiger partial charge in [0.15, 0.2) is 5.78 Å². The first-order valence-electron chi connectivity index (χ1n) is 14.0. The van der Waals surface area contributed by atoms with Gasteiger partial charge in [0.05, 0.1) is 13.2 Å². The Morgan fingerprint density at radius 1 is 1.13 bits per heavy atom. The molecule has 2 aromatic rings. The molecule has 4 rings (SSSR count). The van der Waals surface area contributed by atoms with Crippen molar-refractivity contribution in [1.29, 1.82) is 0 Å². The van der Waals surface area contributed by atoms with Crippen LogP contribution in [0.25, 0.3) is 0 Å². The number of nitrogens with one attached hydrogen (secondary N) is 2. The van der Waals surface area contributed by atoms with Crippen LogP contribution in [0.1, 0.15) is 56.2 Å². The van der Waals surface area contributed by atoms with Crippen LogP contribution < -0.4 is 21.1 Å². The van der Waals surface area contributed by atoms with E-state index in [0.29, 0.717) is 37.5 Å². The molecule has 210 valence electrons. The molecule has 0 saturated carbocycles. The number of ketones is 1. The molecule has 2 fully saturated rings. The van der Waals surface area contributed by atoms with Crippen LogP contribution in [0.3, 0.4) is 0 Å². The molecule has 9 nitrogen and oxygen atoms in total. The van der Waals surface area contributed by atoms with Crippen LogP contribution in [0.5, 0.6) is 5.75 Å². The maximum absolute atomic E-state index is 13.6. The monoisotopic (exact) mass is 535 g/mol. The lowest BCUT2D eigenvalue weighted by Crippen LogP contribution is -2.50. The molecule has 0 spiro atoms. The van der Waals surface area contributed by atoms with Crippen molar-refractivity contribution in [2.75, 3.05) is 26.7 Å². The number of carbonyl (C=O) groups is 3. The van der Waals surface area contributed by atoms with Gasteiger partial charge in [-0.15, -0.1) is 0 Å². The van der Waals surface area contributed by atoms with Crippen LogP contribution in [-0.4, -0.2) is 66.3 Å². The quantitative estimate of drug-likeness (QED) is 0.403. The van der Waals surface area contributed by atoms with Crippen molar-refractivity contribution in [2.45, 2.75) is 63.6 Å². The lowest BCUT2D eigenvalue weighted by Gasteiger charge is -2.28. The van der Waals surface area contributed by atoms with Gasteiger partial charge >= 0.3 is 0 Å². The summed E-state index contributed by atoms with van der Waals surface area (Å²) in [5, 5.41) is 6.38. The second-order valence-electron chi connectivity index (χ2n) is 10.8. The molecular formula is C30H41N5O4. The zero-order valence-corrected chi connectivity index (χ0v) is 23.0. The Labute approximate surface area is 230 Å². The maximum Gasteiger partial charge on any atom is 0.243 e. The molecule has 2 unspecified atom stereocenters. The van der Waals surface area contributed by atoms with E-state index in [0.717, 1.165) is 37.1 Å². The van der Waals surface area contributed by atoms with E-state index in [1.54, 1.807) is 24.4 Å². The summed E-state index contributed by atoms with van der Waals surface area (Å²) >= 11 is 0. The van der Waals surface area contributed by atoms with Crippen molar-refractivity contribution in [3.8, 4) is 5.75 Å². The first kappa shape index (κ1) is 28.7. The van der Waals surface area contributed by atoms with Crippen LogP contribution in [0.2, 0.25) is 0 Å². The van der Waals surface area contributed by atoms with Crippen molar-refractivity contribution < 1.29 is 19.1 Å². The Morgan fingerprint density at radius 2 is 1.85 bits per heavy atom. The standard InChI is InChI=1S/C30H41N5O4/c1-20(36)26(8-7-21-9-13-32-14-10-21)34-30(38)27-17-23(22-11-15-33-16-12-22)19-35(27)29(37)18-25(31)24-5-3-4-6-28(24)39-2/h3-6,9-10,13-14,22-23,25-27,33H,7-8,11-12,15-19,31H2,1-2H3,(H,34,38)/t23?,25?,26-,27-/m0/s1. The first-order valence-corrected chi connectivity index (χ1v) is 14.0. The molecule has 3 heterocycles. The summed E-state index contributed by atoms with van der Waals surface area (Å²) in [6.45, 7) is 3.93. The van der Waals surface area contributed by atoms with Gasteiger partial charge in [-0.3, -0.25) is 19.4 Å². The number of carbonyl (C=O) groups excluding carboxylic acids is 3. The number of para-hydroxylation sites is 1. The number of benzene rings is 1. The normalized spacial score (nSPS) is 21.3. The van der Waals surface area contributed by atoms with E-state index < -0.39 is 18.1 Å². The van der Waals surface area contributed by atoms with Crippen molar-refractivity contribution in [1.82, 2.24) is 20.5 Å². The molecule has 2 saturated heterocycles. The number of piperidine rings is 1. The average molecular weight is 536 g/mol. The molecule has 39 heavy (non-hydrogen) atoms. The molecule has 2 aliphatic rings. The molecule has 0 aliphatic carbocycles. The number of likely N-dealkylation sites (tertiary alicyclic amines) is 1. The van der Waals surface area contributed by atoms with Gasteiger partial charge in [-0.05, 0) is 87.7 Å². The second-order valence-corrected chi connectivity index (χ2v) is 10.8. The average Bonchev–Trinajstić information content (AvgIpc) is 3.42. The number of aromatic nitrogens is 1. The highest BCUT2D eigenvalue weighted by atomic mass is 16.5. The zero-order valence-electron chi connectivity index (χ0n) is 23.0. The Balaban J connectivity index is 1.47. The molecule has 0 radical (unpaired) electrons. The predicted octanol–water partition coefficient (Wildman–Crippen LogP) is 2.40. The van der Waals surface area contributed by atoms with Gasteiger partial charge in [0.25, 0.3) is 0 Å². The molecule has 4 N–H and O–H groups in total. The van der Waals surface area contributed by atoms with E-state index >= 15 is 0 Å². The van der Waals surface area contributed by atoms with Gasteiger partial charge in [0, 0.05) is 37.0 Å². The maximum atomic E-state index is 13.6. The highest BCUT2D eigenvalue weighted by molar-refractivity contribution is 5.92. The molecule has 9 heteroatoms. The number of nitrogens with two attached hydrogens (primary N) is 1. The molecule has 1 aromatic carbocycles. The van der Waals surface area contributed by atoms with E-state index in [-0.39, 0.29) is 29.9 Å². The fraction of sp³-hybridized carbons (Fsp3) is 0.533. The fourth-order valence-corrected chi connectivity index (χ4v) is 5.94. The van der Waals surface area contributed by atoms with Crippen LogP contribution in [0, 0.1) is 11.8 Å². The molecule has 0 bridgehead atoms. The first-order chi connectivity index (χ1) is 18.9. The summed E-state index contributed by atoms with van der Waals surface area (Å²) in [6, 6.07) is 9.45. The number of Topliss-reactive ketones (excluding diaryl/α,β-unsaturated/α-hetero) is 1. The third-order valence-electron chi connectivity index (χ3n) is 8.22. The third-order valence-corrected chi connectivity index (χ3v) is 8.22. The number of amides is 2.